The topological polar surface area (TPSA) is 86.3 Å². The van der Waals surface area contributed by atoms with Gasteiger partial charge in [0.25, 0.3) is 0 Å². The Morgan fingerprint density at radius 3 is 2.62 bits per heavy atom. The lowest BCUT2D eigenvalue weighted by Crippen LogP contribution is -2.41. The second-order valence-corrected chi connectivity index (χ2v) is 8.08. The third kappa shape index (κ3) is 3.02. The molecule has 8 heteroatoms. The van der Waals surface area contributed by atoms with Gasteiger partial charge in [0.05, 0.1) is 51.5 Å². The van der Waals surface area contributed by atoms with Crippen molar-refractivity contribution in [2.24, 2.45) is 11.8 Å². The van der Waals surface area contributed by atoms with Crippen LogP contribution in [0.2, 0.25) is 0 Å². The summed E-state index contributed by atoms with van der Waals surface area (Å²) < 4.78 is 22.1. The molecule has 0 aliphatic carbocycles. The summed E-state index contributed by atoms with van der Waals surface area (Å²) in [5.74, 6) is 0.0875. The minimum absolute atomic E-state index is 0.132. The second-order valence-electron chi connectivity index (χ2n) is 8.08. The molecule has 2 fully saturated rings. The minimum atomic E-state index is -0.809. The predicted molar refractivity (Wildman–Crippen MR) is 117 cm³/mol. The van der Waals surface area contributed by atoms with Gasteiger partial charge in [-0.25, -0.2) is 0 Å². The molecule has 2 aromatic carbocycles. The Labute approximate surface area is 185 Å². The van der Waals surface area contributed by atoms with Crippen LogP contribution < -0.4 is 24.4 Å². The van der Waals surface area contributed by atoms with Crippen LogP contribution in [0.5, 0.6) is 17.2 Å². The van der Waals surface area contributed by atoms with E-state index < -0.39 is 23.5 Å². The van der Waals surface area contributed by atoms with Gasteiger partial charge in [-0.3, -0.25) is 9.59 Å². The summed E-state index contributed by atoms with van der Waals surface area (Å²) >= 11 is 0. The maximum atomic E-state index is 13.5. The average molecular weight is 436 g/mol. The van der Waals surface area contributed by atoms with Crippen LogP contribution in [0.25, 0.3) is 0 Å². The van der Waals surface area contributed by atoms with E-state index in [1.807, 2.05) is 36.4 Å². The Kier molecular flexibility index (Phi) is 4.82. The average Bonchev–Trinajstić information content (AvgIpc) is 3.47. The predicted octanol–water partition coefficient (Wildman–Crippen LogP) is 2.64. The fourth-order valence-electron chi connectivity index (χ4n) is 4.91. The molecule has 2 bridgehead atoms. The van der Waals surface area contributed by atoms with Gasteiger partial charge < -0.3 is 29.2 Å². The van der Waals surface area contributed by atoms with Crippen molar-refractivity contribution in [3.8, 4) is 17.2 Å². The lowest BCUT2D eigenvalue weighted by atomic mass is 9.76. The zero-order valence-electron chi connectivity index (χ0n) is 18.0. The Morgan fingerprint density at radius 2 is 1.88 bits per heavy atom. The Morgan fingerprint density at radius 1 is 1.09 bits per heavy atom. The van der Waals surface area contributed by atoms with Crippen molar-refractivity contribution in [3.05, 3.63) is 54.6 Å². The van der Waals surface area contributed by atoms with Gasteiger partial charge in [-0.2, -0.15) is 0 Å². The van der Waals surface area contributed by atoms with Crippen LogP contribution in [-0.2, 0) is 14.3 Å². The van der Waals surface area contributed by atoms with Crippen molar-refractivity contribution < 1.29 is 28.5 Å². The number of amides is 2. The standard InChI is InChI=1S/C24H24N2O6/c1-29-15-6-4-5-14(11-15)26-13-24-10-9-18(32-24)20(21(24)23(26)28)22(27)25-17-8-7-16(30-2)12-19(17)31-3/h4-12,18,20-21H,13H2,1-3H3,(H,25,27)/t18-,20+,21-,24-/m1/s1. The van der Waals surface area contributed by atoms with Gasteiger partial charge in [0.1, 0.15) is 22.8 Å². The SMILES string of the molecule is COc1cccc(N2C[C@@]34C=C[C@@H](O3)[C@H](C(=O)Nc3ccc(OC)cc3OC)[C@@H]4C2=O)c1. The molecule has 3 aliphatic heterocycles. The van der Waals surface area contributed by atoms with E-state index >= 15 is 0 Å². The fraction of sp³-hybridized carbons (Fsp3) is 0.333. The van der Waals surface area contributed by atoms with Crippen LogP contribution in [0.3, 0.4) is 0 Å². The molecule has 3 aliphatic rings. The Balaban J connectivity index is 1.42. The number of anilines is 2. The first-order valence-electron chi connectivity index (χ1n) is 10.3. The number of rotatable bonds is 6. The number of ether oxygens (including phenoxy) is 4. The highest BCUT2D eigenvalue weighted by Gasteiger charge is 2.67. The highest BCUT2D eigenvalue weighted by Crippen LogP contribution is 2.53. The molecule has 32 heavy (non-hydrogen) atoms. The highest BCUT2D eigenvalue weighted by atomic mass is 16.5. The molecule has 2 amide bonds. The van der Waals surface area contributed by atoms with Crippen LogP contribution in [0.15, 0.2) is 54.6 Å². The Hall–Kier alpha value is -3.52. The molecule has 2 saturated heterocycles. The van der Waals surface area contributed by atoms with E-state index in [9.17, 15) is 9.59 Å². The van der Waals surface area contributed by atoms with Crippen molar-refractivity contribution in [3.63, 3.8) is 0 Å². The van der Waals surface area contributed by atoms with Gasteiger partial charge in [-0.15, -0.1) is 0 Å². The minimum Gasteiger partial charge on any atom is -0.497 e. The number of nitrogens with zero attached hydrogens (tertiary/aromatic N) is 1. The highest BCUT2D eigenvalue weighted by molar-refractivity contribution is 6.05. The number of nitrogens with one attached hydrogen (secondary N) is 1. The van der Waals surface area contributed by atoms with Gasteiger partial charge in [0.2, 0.25) is 11.8 Å². The van der Waals surface area contributed by atoms with Crippen LogP contribution in [0.1, 0.15) is 0 Å². The van der Waals surface area contributed by atoms with Gasteiger partial charge in [-0.05, 0) is 24.3 Å². The molecule has 3 heterocycles. The zero-order chi connectivity index (χ0) is 22.5. The maximum Gasteiger partial charge on any atom is 0.234 e. The third-order valence-electron chi connectivity index (χ3n) is 6.43. The normalized spacial score (nSPS) is 27.4. The molecule has 8 nitrogen and oxygen atoms in total. The van der Waals surface area contributed by atoms with E-state index in [1.54, 1.807) is 37.3 Å². The monoisotopic (exact) mass is 436 g/mol. The molecule has 1 N–H and O–H groups in total. The smallest absolute Gasteiger partial charge is 0.234 e. The first-order valence-corrected chi connectivity index (χ1v) is 10.3. The van der Waals surface area contributed by atoms with E-state index in [1.165, 1.54) is 7.11 Å². The summed E-state index contributed by atoms with van der Waals surface area (Å²) in [5.41, 5.74) is 0.417. The first-order chi connectivity index (χ1) is 15.5. The maximum absolute atomic E-state index is 13.5. The number of fused-ring (bicyclic) bond motifs is 1. The quantitative estimate of drug-likeness (QED) is 0.701. The van der Waals surface area contributed by atoms with Crippen LogP contribution in [-0.4, -0.2) is 51.4 Å². The van der Waals surface area contributed by atoms with Gasteiger partial charge in [0.15, 0.2) is 0 Å². The molecule has 0 aromatic heterocycles. The summed E-state index contributed by atoms with van der Waals surface area (Å²) in [5, 5.41) is 2.92. The van der Waals surface area contributed by atoms with Crippen LogP contribution in [0, 0.1) is 11.8 Å². The van der Waals surface area contributed by atoms with Gasteiger partial charge >= 0.3 is 0 Å². The molecule has 0 radical (unpaired) electrons. The molecule has 2 aromatic rings. The van der Waals surface area contributed by atoms with Crippen LogP contribution in [0.4, 0.5) is 11.4 Å². The lowest BCUT2D eigenvalue weighted by Gasteiger charge is -2.24. The molecule has 166 valence electrons. The van der Waals surface area contributed by atoms with Crippen molar-refractivity contribution >= 4 is 23.2 Å². The number of carbonyl (C=O) groups is 2. The molecule has 0 unspecified atom stereocenters. The number of carbonyl (C=O) groups excluding carboxylic acids is 2. The summed E-state index contributed by atoms with van der Waals surface area (Å²) in [4.78, 5) is 28.5. The lowest BCUT2D eigenvalue weighted by molar-refractivity contribution is -0.128. The molecule has 4 atom stereocenters. The number of hydrogen-bond acceptors (Lipinski definition) is 6. The molecule has 5 rings (SSSR count). The fourth-order valence-corrected chi connectivity index (χ4v) is 4.91. The van der Waals surface area contributed by atoms with E-state index in [-0.39, 0.29) is 11.8 Å². The molecular formula is C24H24N2O6. The molecular weight excluding hydrogens is 412 g/mol. The largest absolute Gasteiger partial charge is 0.497 e. The first kappa shape index (κ1) is 20.4. The van der Waals surface area contributed by atoms with E-state index in [2.05, 4.69) is 5.32 Å². The summed E-state index contributed by atoms with van der Waals surface area (Å²) in [6, 6.07) is 12.5. The van der Waals surface area contributed by atoms with Crippen molar-refractivity contribution in [1.82, 2.24) is 0 Å². The summed E-state index contributed by atoms with van der Waals surface area (Å²) in [6.07, 6.45) is 3.37. The van der Waals surface area contributed by atoms with Gasteiger partial charge in [0, 0.05) is 17.8 Å². The van der Waals surface area contributed by atoms with Crippen molar-refractivity contribution in [1.29, 1.82) is 0 Å². The Bertz CT molecular complexity index is 1120. The summed E-state index contributed by atoms with van der Waals surface area (Å²) in [6.45, 7) is 0.353. The number of hydrogen-bond donors (Lipinski definition) is 1. The third-order valence-corrected chi connectivity index (χ3v) is 6.43. The van der Waals surface area contributed by atoms with E-state index in [0.717, 1.165) is 5.69 Å². The zero-order valence-corrected chi connectivity index (χ0v) is 18.0. The molecule has 1 spiro atoms. The van der Waals surface area contributed by atoms with Gasteiger partial charge in [-0.1, -0.05) is 18.2 Å². The summed E-state index contributed by atoms with van der Waals surface area (Å²) in [7, 11) is 4.67. The molecule has 0 saturated carbocycles. The number of methoxy groups -OCH3 is 3. The van der Waals surface area contributed by atoms with E-state index in [0.29, 0.717) is 29.5 Å². The van der Waals surface area contributed by atoms with Crippen LogP contribution >= 0.6 is 0 Å². The van der Waals surface area contributed by atoms with Crippen molar-refractivity contribution in [2.75, 3.05) is 38.1 Å². The second kappa shape index (κ2) is 7.56. The van der Waals surface area contributed by atoms with E-state index in [4.69, 9.17) is 18.9 Å². The van der Waals surface area contributed by atoms with Crippen molar-refractivity contribution in [2.45, 2.75) is 11.7 Å². The number of benzene rings is 2.